The Hall–Kier alpha value is -0.0800. The average molecular weight is 154 g/mol. The second-order valence-electron chi connectivity index (χ2n) is 3.80. The molecule has 0 spiro atoms. The van der Waals surface area contributed by atoms with Gasteiger partial charge in [0.25, 0.3) is 0 Å². The van der Waals surface area contributed by atoms with Crippen LogP contribution in [0.2, 0.25) is 0 Å². The van der Waals surface area contributed by atoms with Gasteiger partial charge in [0, 0.05) is 12.6 Å². The second-order valence-corrected chi connectivity index (χ2v) is 3.80. The Morgan fingerprint density at radius 1 is 1.09 bits per heavy atom. The van der Waals surface area contributed by atoms with Gasteiger partial charge in [0.1, 0.15) is 0 Å². The summed E-state index contributed by atoms with van der Waals surface area (Å²) in [6, 6.07) is 0.809. The van der Waals surface area contributed by atoms with Crippen molar-refractivity contribution in [3.05, 3.63) is 0 Å². The van der Waals surface area contributed by atoms with Crippen LogP contribution in [0.3, 0.4) is 0 Å². The van der Waals surface area contributed by atoms with Crippen LogP contribution in [0.4, 0.5) is 0 Å². The molecule has 0 aromatic heterocycles. The Kier molecular flexibility index (Phi) is 2.44. The molecule has 2 saturated heterocycles. The van der Waals surface area contributed by atoms with E-state index in [2.05, 4.69) is 10.2 Å². The van der Waals surface area contributed by atoms with Crippen molar-refractivity contribution in [2.45, 2.75) is 31.7 Å². The maximum absolute atomic E-state index is 3.61. The minimum atomic E-state index is 0.809. The van der Waals surface area contributed by atoms with Gasteiger partial charge in [-0.1, -0.05) is 0 Å². The lowest BCUT2D eigenvalue weighted by molar-refractivity contribution is 0.174. The molecule has 2 heteroatoms. The first-order valence-electron chi connectivity index (χ1n) is 4.91. The van der Waals surface area contributed by atoms with Crippen molar-refractivity contribution in [2.75, 3.05) is 26.2 Å². The molecule has 0 radical (unpaired) electrons. The van der Waals surface area contributed by atoms with Gasteiger partial charge in [0.05, 0.1) is 0 Å². The molecular formula is C9H18N2. The first-order valence-corrected chi connectivity index (χ1v) is 4.91. The quantitative estimate of drug-likeness (QED) is 0.556. The summed E-state index contributed by atoms with van der Waals surface area (Å²) in [5, 5.41) is 3.61. The van der Waals surface area contributed by atoms with Crippen LogP contribution in [0.1, 0.15) is 25.7 Å². The van der Waals surface area contributed by atoms with Crippen molar-refractivity contribution in [3.63, 3.8) is 0 Å². The summed E-state index contributed by atoms with van der Waals surface area (Å²) in [5.41, 5.74) is 0. The van der Waals surface area contributed by atoms with E-state index in [1.807, 2.05) is 0 Å². The van der Waals surface area contributed by atoms with Crippen LogP contribution in [0.25, 0.3) is 0 Å². The molecule has 64 valence electrons. The highest BCUT2D eigenvalue weighted by atomic mass is 15.2. The minimum absolute atomic E-state index is 0.809. The summed E-state index contributed by atoms with van der Waals surface area (Å²) < 4.78 is 0. The smallest absolute Gasteiger partial charge is 0.0195 e. The van der Waals surface area contributed by atoms with E-state index in [1.54, 1.807) is 0 Å². The second kappa shape index (κ2) is 3.55. The maximum atomic E-state index is 3.61. The zero-order valence-electron chi connectivity index (χ0n) is 7.18. The van der Waals surface area contributed by atoms with E-state index in [-0.39, 0.29) is 0 Å². The number of rotatable bonds is 0. The van der Waals surface area contributed by atoms with E-state index in [4.69, 9.17) is 0 Å². The monoisotopic (exact) mass is 154 g/mol. The third kappa shape index (κ3) is 1.94. The SMILES string of the molecule is C1CCN2CCCC(C2)NC1. The molecule has 0 aromatic carbocycles. The molecule has 0 aliphatic carbocycles. The standard InChI is InChI=1S/C9H18N2/c1-2-6-11-7-3-4-9(8-11)10-5-1/h9-10H,1-8H2. The molecule has 2 aliphatic rings. The van der Waals surface area contributed by atoms with Crippen LogP contribution in [-0.4, -0.2) is 37.1 Å². The molecule has 0 amide bonds. The average Bonchev–Trinajstić information content (AvgIpc) is 2.02. The maximum Gasteiger partial charge on any atom is 0.0195 e. The van der Waals surface area contributed by atoms with E-state index in [0.29, 0.717) is 0 Å². The number of fused-ring (bicyclic) bond motifs is 2. The van der Waals surface area contributed by atoms with Crippen molar-refractivity contribution < 1.29 is 0 Å². The molecule has 2 atom stereocenters. The normalized spacial score (nSPS) is 39.3. The van der Waals surface area contributed by atoms with Crippen LogP contribution in [0, 0.1) is 0 Å². The summed E-state index contributed by atoms with van der Waals surface area (Å²) in [4.78, 5) is 2.61. The first kappa shape index (κ1) is 7.56. The van der Waals surface area contributed by atoms with Crippen LogP contribution >= 0.6 is 0 Å². The van der Waals surface area contributed by atoms with Crippen LogP contribution in [0.5, 0.6) is 0 Å². The van der Waals surface area contributed by atoms with Gasteiger partial charge >= 0.3 is 0 Å². The summed E-state index contributed by atoms with van der Waals surface area (Å²) in [6.45, 7) is 5.24. The van der Waals surface area contributed by atoms with E-state index in [9.17, 15) is 0 Å². The number of nitrogens with zero attached hydrogens (tertiary/aromatic N) is 1. The van der Waals surface area contributed by atoms with Crippen molar-refractivity contribution in [2.24, 2.45) is 0 Å². The Morgan fingerprint density at radius 3 is 3.00 bits per heavy atom. The highest BCUT2D eigenvalue weighted by Gasteiger charge is 2.19. The molecule has 0 saturated carbocycles. The van der Waals surface area contributed by atoms with E-state index >= 15 is 0 Å². The molecule has 2 unspecified atom stereocenters. The number of piperidine rings is 1. The first-order chi connectivity index (χ1) is 5.45. The Balaban J connectivity index is 1.90. The predicted octanol–water partition coefficient (Wildman–Crippen LogP) is 0.834. The fraction of sp³-hybridized carbons (Fsp3) is 1.00. The molecule has 1 N–H and O–H groups in total. The minimum Gasteiger partial charge on any atom is -0.313 e. The third-order valence-electron chi connectivity index (χ3n) is 2.84. The highest BCUT2D eigenvalue weighted by molar-refractivity contribution is 4.79. The Bertz CT molecular complexity index is 113. The predicted molar refractivity (Wildman–Crippen MR) is 46.7 cm³/mol. The molecule has 11 heavy (non-hydrogen) atoms. The summed E-state index contributed by atoms with van der Waals surface area (Å²) in [6.07, 6.45) is 5.56. The van der Waals surface area contributed by atoms with Gasteiger partial charge in [-0.3, -0.25) is 0 Å². The van der Waals surface area contributed by atoms with Crippen molar-refractivity contribution >= 4 is 0 Å². The Labute approximate surface area is 69.0 Å². The van der Waals surface area contributed by atoms with Gasteiger partial charge in [-0.25, -0.2) is 0 Å². The number of hydrogen-bond donors (Lipinski definition) is 1. The van der Waals surface area contributed by atoms with Crippen molar-refractivity contribution in [1.29, 1.82) is 0 Å². The van der Waals surface area contributed by atoms with Gasteiger partial charge in [-0.05, 0) is 45.3 Å². The zero-order valence-corrected chi connectivity index (χ0v) is 7.18. The van der Waals surface area contributed by atoms with E-state index < -0.39 is 0 Å². The van der Waals surface area contributed by atoms with Crippen LogP contribution in [-0.2, 0) is 0 Å². The Morgan fingerprint density at radius 2 is 2.00 bits per heavy atom. The molecule has 2 bridgehead atoms. The van der Waals surface area contributed by atoms with E-state index in [1.165, 1.54) is 51.9 Å². The van der Waals surface area contributed by atoms with Crippen molar-refractivity contribution in [3.8, 4) is 0 Å². The fourth-order valence-electron chi connectivity index (χ4n) is 2.19. The molecule has 2 aliphatic heterocycles. The van der Waals surface area contributed by atoms with Crippen molar-refractivity contribution in [1.82, 2.24) is 10.2 Å². The fourth-order valence-corrected chi connectivity index (χ4v) is 2.19. The van der Waals surface area contributed by atoms with Gasteiger partial charge in [-0.2, -0.15) is 0 Å². The molecule has 2 heterocycles. The zero-order chi connectivity index (χ0) is 7.52. The molecule has 2 fully saturated rings. The van der Waals surface area contributed by atoms with E-state index in [0.717, 1.165) is 6.04 Å². The van der Waals surface area contributed by atoms with Gasteiger partial charge in [-0.15, -0.1) is 0 Å². The lowest BCUT2D eigenvalue weighted by Crippen LogP contribution is -2.47. The largest absolute Gasteiger partial charge is 0.313 e. The molecule has 2 nitrogen and oxygen atoms in total. The highest BCUT2D eigenvalue weighted by Crippen LogP contribution is 2.12. The van der Waals surface area contributed by atoms with Gasteiger partial charge < -0.3 is 10.2 Å². The lowest BCUT2D eigenvalue weighted by Gasteiger charge is -2.35. The summed E-state index contributed by atoms with van der Waals surface area (Å²) >= 11 is 0. The topological polar surface area (TPSA) is 15.3 Å². The molecule has 0 aromatic rings. The van der Waals surface area contributed by atoms with Crippen LogP contribution < -0.4 is 5.32 Å². The third-order valence-corrected chi connectivity index (χ3v) is 2.84. The summed E-state index contributed by atoms with van der Waals surface area (Å²) in [7, 11) is 0. The van der Waals surface area contributed by atoms with Gasteiger partial charge in [0.15, 0.2) is 0 Å². The molecular weight excluding hydrogens is 136 g/mol. The lowest BCUT2D eigenvalue weighted by atomic mass is 10.0. The van der Waals surface area contributed by atoms with Gasteiger partial charge in [0.2, 0.25) is 0 Å². The summed E-state index contributed by atoms with van der Waals surface area (Å²) in [5.74, 6) is 0. The number of nitrogens with one attached hydrogen (secondary N) is 1. The molecule has 2 rings (SSSR count). The van der Waals surface area contributed by atoms with Crippen LogP contribution in [0.15, 0.2) is 0 Å². The number of hydrogen-bond acceptors (Lipinski definition) is 2.